The van der Waals surface area contributed by atoms with E-state index in [-0.39, 0.29) is 12.5 Å². The lowest BCUT2D eigenvalue weighted by Crippen LogP contribution is -2.42. The number of nitrogens with one attached hydrogen (secondary N) is 1. The molecule has 0 bridgehead atoms. The number of fused-ring (bicyclic) bond motifs is 1. The molecular formula is C17H21N5O3. The average Bonchev–Trinajstić information content (AvgIpc) is 2.60. The number of hydrogen-bond donors (Lipinski definition) is 2. The Hall–Kier alpha value is -2.58. The molecule has 0 saturated heterocycles. The number of amides is 1. The number of aromatic nitrogens is 3. The maximum Gasteiger partial charge on any atom is 0.247 e. The standard InChI is InChI=1S/C17H21N5O3/c1-17(2,24)13-5-4-11(8-18-13)12-9-19-15-16(21-12)22(6-7-25-3)14(23)10-20-15/h4-5,8-9,24H,6-7,10H2,1-3H3,(H,19,20). The molecule has 0 aliphatic carbocycles. The van der Waals surface area contributed by atoms with Crippen molar-refractivity contribution in [3.63, 3.8) is 0 Å². The van der Waals surface area contributed by atoms with Gasteiger partial charge in [-0.2, -0.15) is 0 Å². The third-order valence-electron chi connectivity index (χ3n) is 3.92. The summed E-state index contributed by atoms with van der Waals surface area (Å²) in [6.07, 6.45) is 3.28. The summed E-state index contributed by atoms with van der Waals surface area (Å²) < 4.78 is 5.07. The van der Waals surface area contributed by atoms with E-state index in [9.17, 15) is 9.90 Å². The van der Waals surface area contributed by atoms with Gasteiger partial charge >= 0.3 is 0 Å². The van der Waals surface area contributed by atoms with Crippen LogP contribution in [0.15, 0.2) is 24.5 Å². The zero-order valence-electron chi connectivity index (χ0n) is 14.5. The third kappa shape index (κ3) is 3.59. The van der Waals surface area contributed by atoms with Crippen LogP contribution >= 0.6 is 0 Å². The van der Waals surface area contributed by atoms with Crippen molar-refractivity contribution < 1.29 is 14.6 Å². The first kappa shape index (κ1) is 17.2. The molecule has 2 aromatic heterocycles. The second-order valence-corrected chi connectivity index (χ2v) is 6.31. The first-order valence-electron chi connectivity index (χ1n) is 7.99. The number of rotatable bonds is 5. The van der Waals surface area contributed by atoms with E-state index in [1.807, 2.05) is 6.07 Å². The second kappa shape index (κ2) is 6.73. The summed E-state index contributed by atoms with van der Waals surface area (Å²) in [7, 11) is 1.59. The minimum absolute atomic E-state index is 0.0773. The van der Waals surface area contributed by atoms with Gasteiger partial charge in [0.15, 0.2) is 11.6 Å². The van der Waals surface area contributed by atoms with Crippen LogP contribution in [0.25, 0.3) is 11.3 Å². The Morgan fingerprint density at radius 2 is 2.12 bits per heavy atom. The summed E-state index contributed by atoms with van der Waals surface area (Å²) in [5.41, 5.74) is 0.925. The number of methoxy groups -OCH3 is 1. The average molecular weight is 343 g/mol. The molecule has 0 unspecified atom stereocenters. The number of carbonyl (C=O) groups is 1. The van der Waals surface area contributed by atoms with Crippen molar-refractivity contribution in [2.24, 2.45) is 0 Å². The predicted molar refractivity (Wildman–Crippen MR) is 93.2 cm³/mol. The van der Waals surface area contributed by atoms with E-state index >= 15 is 0 Å². The van der Waals surface area contributed by atoms with Crippen LogP contribution in [0.1, 0.15) is 19.5 Å². The lowest BCUT2D eigenvalue weighted by Gasteiger charge is -2.28. The topological polar surface area (TPSA) is 100 Å². The van der Waals surface area contributed by atoms with Crippen molar-refractivity contribution in [3.05, 3.63) is 30.2 Å². The Kier molecular flexibility index (Phi) is 4.65. The summed E-state index contributed by atoms with van der Waals surface area (Å²) in [4.78, 5) is 27.0. The molecule has 0 saturated carbocycles. The monoisotopic (exact) mass is 343 g/mol. The van der Waals surface area contributed by atoms with Crippen LogP contribution < -0.4 is 10.2 Å². The van der Waals surface area contributed by atoms with Gasteiger partial charge in [-0.05, 0) is 26.0 Å². The SMILES string of the molecule is COCCN1C(=O)CNc2ncc(-c3ccc(C(C)(C)O)nc3)nc21. The fraction of sp³-hybridized carbons (Fsp3) is 0.412. The second-order valence-electron chi connectivity index (χ2n) is 6.31. The smallest absolute Gasteiger partial charge is 0.247 e. The van der Waals surface area contributed by atoms with Crippen molar-refractivity contribution in [3.8, 4) is 11.3 Å². The highest BCUT2D eigenvalue weighted by atomic mass is 16.5. The molecule has 0 aromatic carbocycles. The van der Waals surface area contributed by atoms with E-state index < -0.39 is 5.60 Å². The fourth-order valence-corrected chi connectivity index (χ4v) is 2.52. The Balaban J connectivity index is 1.94. The van der Waals surface area contributed by atoms with E-state index in [1.165, 1.54) is 0 Å². The molecule has 2 aromatic rings. The summed E-state index contributed by atoms with van der Waals surface area (Å²) in [6.45, 7) is 4.38. The van der Waals surface area contributed by atoms with Gasteiger partial charge in [0.05, 0.1) is 37.3 Å². The number of pyridine rings is 1. The zero-order valence-corrected chi connectivity index (χ0v) is 14.5. The lowest BCUT2D eigenvalue weighted by molar-refractivity contribution is -0.117. The number of carbonyl (C=O) groups excluding carboxylic acids is 1. The quantitative estimate of drug-likeness (QED) is 0.840. The summed E-state index contributed by atoms with van der Waals surface area (Å²) in [6, 6.07) is 3.58. The van der Waals surface area contributed by atoms with E-state index in [2.05, 4.69) is 20.3 Å². The molecule has 1 aliphatic rings. The number of nitrogens with zero attached hydrogens (tertiary/aromatic N) is 4. The highest BCUT2D eigenvalue weighted by Crippen LogP contribution is 2.28. The van der Waals surface area contributed by atoms with Crippen LogP contribution in [0.3, 0.4) is 0 Å². The maximum absolute atomic E-state index is 12.2. The predicted octanol–water partition coefficient (Wildman–Crippen LogP) is 1.17. The Morgan fingerprint density at radius 3 is 2.76 bits per heavy atom. The number of hydrogen-bond acceptors (Lipinski definition) is 7. The van der Waals surface area contributed by atoms with Crippen LogP contribution in [0, 0.1) is 0 Å². The lowest BCUT2D eigenvalue weighted by atomic mass is 10.0. The van der Waals surface area contributed by atoms with Crippen LogP contribution in [0.5, 0.6) is 0 Å². The minimum atomic E-state index is -1.01. The Bertz CT molecular complexity index is 771. The van der Waals surface area contributed by atoms with Crippen molar-refractivity contribution in [2.75, 3.05) is 37.0 Å². The molecule has 0 fully saturated rings. The molecule has 1 amide bonds. The van der Waals surface area contributed by atoms with Gasteiger partial charge in [-0.25, -0.2) is 9.97 Å². The molecule has 0 radical (unpaired) electrons. The summed E-state index contributed by atoms with van der Waals surface area (Å²) >= 11 is 0. The van der Waals surface area contributed by atoms with Gasteiger partial charge < -0.3 is 15.2 Å². The van der Waals surface area contributed by atoms with E-state index in [1.54, 1.807) is 44.3 Å². The molecule has 1 aliphatic heterocycles. The van der Waals surface area contributed by atoms with Crippen molar-refractivity contribution in [2.45, 2.75) is 19.4 Å². The third-order valence-corrected chi connectivity index (χ3v) is 3.92. The highest BCUT2D eigenvalue weighted by molar-refractivity contribution is 6.00. The molecule has 8 heteroatoms. The van der Waals surface area contributed by atoms with E-state index in [0.29, 0.717) is 36.2 Å². The van der Waals surface area contributed by atoms with Gasteiger partial charge in [0.1, 0.15) is 5.60 Å². The van der Waals surface area contributed by atoms with Gasteiger partial charge in [-0.3, -0.25) is 14.7 Å². The van der Waals surface area contributed by atoms with E-state index in [4.69, 9.17) is 4.74 Å². The van der Waals surface area contributed by atoms with Gasteiger partial charge in [-0.15, -0.1) is 0 Å². The first-order chi connectivity index (χ1) is 11.9. The minimum Gasteiger partial charge on any atom is -0.384 e. The Labute approximate surface area is 145 Å². The zero-order chi connectivity index (χ0) is 18.0. The molecule has 132 valence electrons. The van der Waals surface area contributed by atoms with Crippen molar-refractivity contribution >= 4 is 17.5 Å². The van der Waals surface area contributed by atoms with Crippen LogP contribution in [-0.2, 0) is 15.1 Å². The number of ether oxygens (including phenoxy) is 1. The molecule has 0 atom stereocenters. The molecule has 0 spiro atoms. The van der Waals surface area contributed by atoms with Crippen molar-refractivity contribution in [1.82, 2.24) is 15.0 Å². The summed E-state index contributed by atoms with van der Waals surface area (Å²) in [5.74, 6) is 0.976. The molecule has 8 nitrogen and oxygen atoms in total. The molecule has 3 heterocycles. The Morgan fingerprint density at radius 1 is 1.32 bits per heavy atom. The van der Waals surface area contributed by atoms with Gasteiger partial charge in [0.25, 0.3) is 0 Å². The van der Waals surface area contributed by atoms with Gasteiger partial charge in [-0.1, -0.05) is 0 Å². The van der Waals surface area contributed by atoms with Crippen LogP contribution in [0.4, 0.5) is 11.6 Å². The highest BCUT2D eigenvalue weighted by Gasteiger charge is 2.26. The van der Waals surface area contributed by atoms with Gasteiger partial charge in [0, 0.05) is 18.9 Å². The molecule has 3 rings (SSSR count). The maximum atomic E-state index is 12.2. The fourth-order valence-electron chi connectivity index (χ4n) is 2.52. The number of aliphatic hydroxyl groups is 1. The largest absolute Gasteiger partial charge is 0.384 e. The van der Waals surface area contributed by atoms with Crippen molar-refractivity contribution in [1.29, 1.82) is 0 Å². The number of anilines is 2. The molecule has 25 heavy (non-hydrogen) atoms. The van der Waals surface area contributed by atoms with Gasteiger partial charge in [0.2, 0.25) is 5.91 Å². The molecule has 2 N–H and O–H groups in total. The molecular weight excluding hydrogens is 322 g/mol. The van der Waals surface area contributed by atoms with Crippen LogP contribution in [-0.4, -0.2) is 52.8 Å². The van der Waals surface area contributed by atoms with E-state index in [0.717, 1.165) is 5.56 Å². The summed E-state index contributed by atoms with van der Waals surface area (Å²) in [5, 5.41) is 13.0. The van der Waals surface area contributed by atoms with Crippen LogP contribution in [0.2, 0.25) is 0 Å². The normalized spacial score (nSPS) is 14.2. The first-order valence-corrected chi connectivity index (χ1v) is 7.99.